The number of rotatable bonds is 22. The fourth-order valence-corrected chi connectivity index (χ4v) is 8.48. The van der Waals surface area contributed by atoms with Crippen LogP contribution in [0.1, 0.15) is 98.4 Å². The van der Waals surface area contributed by atoms with Gasteiger partial charge in [0.2, 0.25) is 5.91 Å². The lowest BCUT2D eigenvalue weighted by molar-refractivity contribution is -0.149. The quantitative estimate of drug-likeness (QED) is 0.0246. The van der Waals surface area contributed by atoms with E-state index in [0.717, 1.165) is 37.6 Å². The van der Waals surface area contributed by atoms with Gasteiger partial charge in [0.1, 0.15) is 43.0 Å². The Morgan fingerprint density at radius 2 is 0.888 bits per heavy atom. The number of fused-ring (bicyclic) bond motifs is 4. The van der Waals surface area contributed by atoms with Crippen LogP contribution >= 0.6 is 0 Å². The van der Waals surface area contributed by atoms with Crippen LogP contribution in [0.4, 0.5) is 18.8 Å². The number of nitrogens with one attached hydrogen (secondary N) is 4. The van der Waals surface area contributed by atoms with Gasteiger partial charge in [0.15, 0.2) is 29.7 Å². The van der Waals surface area contributed by atoms with Crippen LogP contribution in [0.3, 0.4) is 0 Å². The second-order valence-electron chi connectivity index (χ2n) is 24.7. The number of nitrogens with zero attached hydrogens (tertiary/aromatic N) is 10. The van der Waals surface area contributed by atoms with E-state index >= 15 is 0 Å². The largest absolute Gasteiger partial charge is 0.480 e. The molecule has 4 aliphatic heterocycles. The van der Waals surface area contributed by atoms with Crippen LogP contribution in [0.15, 0.2) is 43.4 Å². The summed E-state index contributed by atoms with van der Waals surface area (Å²) in [6.45, 7) is 24.2. The molecular weight excluding hydrogens is 1290 g/mol. The van der Waals surface area contributed by atoms with E-state index in [0.29, 0.717) is 45.4 Å². The Hall–Kier alpha value is -10.5. The molecular formula is C63H89FN14O20. The van der Waals surface area contributed by atoms with Crippen molar-refractivity contribution in [3.05, 3.63) is 88.2 Å². The second-order valence-corrected chi connectivity index (χ2v) is 24.7. The van der Waals surface area contributed by atoms with E-state index in [1.54, 1.807) is 99.4 Å². The van der Waals surface area contributed by atoms with Crippen molar-refractivity contribution in [2.45, 2.75) is 134 Å². The molecule has 5 amide bonds. The Bertz CT molecular complexity index is 4050. The third-order valence-corrected chi connectivity index (χ3v) is 13.2. The van der Waals surface area contributed by atoms with Gasteiger partial charge in [-0.1, -0.05) is 0 Å². The summed E-state index contributed by atoms with van der Waals surface area (Å²) in [6, 6.07) is 7.49. The average Bonchev–Trinajstić information content (AvgIpc) is 0.759. The van der Waals surface area contributed by atoms with Crippen LogP contribution in [-0.2, 0) is 79.6 Å². The molecule has 34 nitrogen and oxygen atoms in total. The Labute approximate surface area is 562 Å². The third kappa shape index (κ3) is 26.3. The summed E-state index contributed by atoms with van der Waals surface area (Å²) in [7, 11) is 3.37. The van der Waals surface area contributed by atoms with Crippen molar-refractivity contribution in [2.24, 2.45) is 14.1 Å². The van der Waals surface area contributed by atoms with Gasteiger partial charge in [0.25, 0.3) is 17.0 Å². The van der Waals surface area contributed by atoms with Gasteiger partial charge in [-0.25, -0.2) is 47.5 Å². The molecule has 0 spiro atoms. The number of hydrogen-bond donors (Lipinski definition) is 6. The first-order valence-electron chi connectivity index (χ1n) is 30.8. The van der Waals surface area contributed by atoms with E-state index in [-0.39, 0.29) is 68.3 Å². The highest BCUT2D eigenvalue weighted by molar-refractivity contribution is 5.84. The minimum atomic E-state index is -1.29. The van der Waals surface area contributed by atoms with Crippen LogP contribution in [0.25, 0.3) is 45.1 Å². The monoisotopic (exact) mass is 1380 g/mol. The molecule has 4 heterocycles. The van der Waals surface area contributed by atoms with E-state index in [4.69, 9.17) is 33.9 Å². The highest BCUT2D eigenvalue weighted by Gasteiger charge is 2.27. The zero-order valence-corrected chi connectivity index (χ0v) is 58.3. The summed E-state index contributed by atoms with van der Waals surface area (Å²) in [5.74, 6) is -4.95. The molecule has 2 aromatic carbocycles. The molecule has 0 saturated carbocycles. The standard InChI is InChI=1S/C26H34N6O7.C15H14N4O4.C11H19FN2O5.C11H22N2O4/c1-8-38-20(34)14-31(10-9-27-25(37)39-26(4,5)6)19(33)13-32-23(35)21-22(29-24(32)36)30(7)18-12-16(3)15(2)11-17(18)28-21;1-7-4-9-10(5-8(7)2)18(3)13-12(16-9)14(22)19(6-11(20)21)15(23)17-13;1-11(2,3)19-10(18)13-4-5-14(7-9(16)17)8(15)6-12;1-5-16-9(14)8-12-6-7-13-10(15)17-11(2,3)4/h11-12H,8-10,13-14H2,1-7H3,(H,27,37);4-5H,6H2,1-3H3,(H,20,21);4-7H2,1-3H3,(H,13,18)(H,16,17);12H,5-8H2,1-4H3,(H,13,15). The first kappa shape index (κ1) is 81.8. The molecule has 0 atom stereocenters. The van der Waals surface area contributed by atoms with Crippen molar-refractivity contribution in [2.75, 3.05) is 78.8 Å². The van der Waals surface area contributed by atoms with Crippen LogP contribution in [0.2, 0.25) is 0 Å². The van der Waals surface area contributed by atoms with Crippen LogP contribution < -0.4 is 43.8 Å². The Balaban J connectivity index is 0.000000363. The lowest BCUT2D eigenvalue weighted by Gasteiger charge is -2.23. The minimum Gasteiger partial charge on any atom is -0.480 e. The molecule has 0 bridgehead atoms. The molecule has 0 unspecified atom stereocenters. The van der Waals surface area contributed by atoms with Crippen LogP contribution in [0.5, 0.6) is 0 Å². The van der Waals surface area contributed by atoms with Gasteiger partial charge in [0, 0.05) is 53.4 Å². The number of esters is 2. The number of carbonyl (C=O) groups is 9. The van der Waals surface area contributed by atoms with Crippen LogP contribution in [-0.4, -0.2) is 208 Å². The molecule has 6 N–H and O–H groups in total. The zero-order chi connectivity index (χ0) is 74.3. The molecule has 0 saturated heterocycles. The summed E-state index contributed by atoms with van der Waals surface area (Å²) in [5, 5.41) is 27.7. The van der Waals surface area contributed by atoms with Crippen molar-refractivity contribution in [3.63, 3.8) is 0 Å². The molecule has 0 aliphatic carbocycles. The number of aliphatic carboxylic acids is 2. The van der Waals surface area contributed by atoms with Crippen molar-refractivity contribution in [1.29, 1.82) is 0 Å². The molecule has 0 aromatic heterocycles. The van der Waals surface area contributed by atoms with Gasteiger partial charge in [-0.15, -0.1) is 0 Å². The minimum absolute atomic E-state index is 0.0199. The summed E-state index contributed by atoms with van der Waals surface area (Å²) < 4.78 is 41.5. The maximum absolute atomic E-state index is 13.3. The number of hydrogen-bond acceptors (Lipinski definition) is 23. The lowest BCUT2D eigenvalue weighted by atomic mass is 10.1. The van der Waals surface area contributed by atoms with Gasteiger partial charge in [-0.3, -0.25) is 38.4 Å². The molecule has 4 aliphatic rings. The Kier molecular flexibility index (Phi) is 30.5. The summed E-state index contributed by atoms with van der Waals surface area (Å²) >= 11 is 0. The molecule has 2 aromatic rings. The normalized spacial score (nSPS) is 11.2. The molecule has 538 valence electrons. The Morgan fingerprint density at radius 3 is 1.27 bits per heavy atom. The number of halogens is 1. The maximum Gasteiger partial charge on any atom is 0.407 e. The number of aryl methyl sites for hydroxylation is 6. The van der Waals surface area contributed by atoms with Gasteiger partial charge in [-0.05, 0) is 150 Å². The molecule has 0 fully saturated rings. The van der Waals surface area contributed by atoms with Crippen molar-refractivity contribution in [1.82, 2.24) is 69.3 Å². The van der Waals surface area contributed by atoms with Crippen molar-refractivity contribution < 1.29 is 81.4 Å². The van der Waals surface area contributed by atoms with Crippen LogP contribution in [0, 0.1) is 27.7 Å². The zero-order valence-electron chi connectivity index (χ0n) is 58.3. The molecule has 35 heteroatoms. The smallest absolute Gasteiger partial charge is 0.407 e. The van der Waals surface area contributed by atoms with E-state index < -0.39 is 120 Å². The number of aromatic nitrogens is 8. The summed E-state index contributed by atoms with van der Waals surface area (Å²) in [4.78, 5) is 172. The number of carboxylic acid groups (broad SMARTS) is 2. The van der Waals surface area contributed by atoms with E-state index in [1.165, 1.54) is 0 Å². The second kappa shape index (κ2) is 36.6. The van der Waals surface area contributed by atoms with E-state index in [9.17, 15) is 66.7 Å². The number of benzene rings is 2. The number of ether oxygens (including phenoxy) is 5. The van der Waals surface area contributed by atoms with Gasteiger partial charge in [-0.2, -0.15) is 9.97 Å². The fraction of sp³-hybridized carbons (Fsp3) is 0.540. The highest BCUT2D eigenvalue weighted by Crippen LogP contribution is 2.24. The van der Waals surface area contributed by atoms with Gasteiger partial charge < -0.3 is 74.1 Å². The van der Waals surface area contributed by atoms with Gasteiger partial charge in [0.05, 0.1) is 41.8 Å². The predicted octanol–water partition coefficient (Wildman–Crippen LogP) is 2.48. The number of carboxylic acids is 2. The number of carbonyl (C=O) groups excluding carboxylic acids is 7. The van der Waals surface area contributed by atoms with Crippen molar-refractivity contribution in [3.8, 4) is 23.0 Å². The van der Waals surface area contributed by atoms with Crippen molar-refractivity contribution >= 4 is 76.0 Å². The lowest BCUT2D eigenvalue weighted by Crippen LogP contribution is -2.47. The first-order chi connectivity index (χ1) is 45.5. The molecule has 6 rings (SSSR count). The fourth-order valence-electron chi connectivity index (χ4n) is 8.48. The van der Waals surface area contributed by atoms with Gasteiger partial charge >= 0.3 is 53.5 Å². The molecule has 98 heavy (non-hydrogen) atoms. The highest BCUT2D eigenvalue weighted by atomic mass is 19.1. The SMILES string of the molecule is CC(C)(C)OC(=O)NCCN(CC(=O)O)C(=O)CF.CCOC(=O)CN(CCNC(=O)OC(C)(C)C)C(=O)Cn1c(=O)nc2n(C)c3cc(C)c(C)cc3nc-2c1=O.CCOC(=O)CNCCNC(=O)OC(C)(C)C.Cc1cc2nc3c(=O)n(CC(=O)O)c(=O)nc-3n(C)c2cc1C. The number of alkyl halides is 1. The topological polar surface area (TPSA) is 434 Å². The third-order valence-electron chi connectivity index (χ3n) is 13.2. The average molecular weight is 1380 g/mol. The van der Waals surface area contributed by atoms with E-state index in [1.807, 2.05) is 52.0 Å². The number of amides is 5. The molecule has 0 radical (unpaired) electrons. The summed E-state index contributed by atoms with van der Waals surface area (Å²) in [5.41, 5.74) is 1.32. The van der Waals surface area contributed by atoms with E-state index in [2.05, 4.69) is 41.2 Å². The predicted molar refractivity (Wildman–Crippen MR) is 354 cm³/mol. The maximum atomic E-state index is 13.3. The summed E-state index contributed by atoms with van der Waals surface area (Å²) in [6.07, 6.45) is -1.84. The first-order valence-corrected chi connectivity index (χ1v) is 30.8. The Morgan fingerprint density at radius 1 is 0.510 bits per heavy atom. The number of alkyl carbamates (subject to hydrolysis) is 3.